The molecule has 0 aliphatic rings. The van der Waals surface area contributed by atoms with E-state index in [4.69, 9.17) is 22.9 Å². The fourth-order valence-electron chi connectivity index (χ4n) is 3.07. The van der Waals surface area contributed by atoms with E-state index < -0.39 is 60.2 Å². The quantitative estimate of drug-likeness (QED) is 0.0685. The molecular formula is C22H34N8O6. The van der Waals surface area contributed by atoms with Gasteiger partial charge in [0.1, 0.15) is 18.1 Å². The van der Waals surface area contributed by atoms with Crippen molar-refractivity contribution in [3.63, 3.8) is 0 Å². The number of nitrogens with one attached hydrogen (secondary N) is 3. The van der Waals surface area contributed by atoms with Gasteiger partial charge in [0.2, 0.25) is 23.6 Å². The van der Waals surface area contributed by atoms with Crippen molar-refractivity contribution in [2.24, 2.45) is 27.9 Å². The van der Waals surface area contributed by atoms with Crippen LogP contribution in [0.15, 0.2) is 35.3 Å². The van der Waals surface area contributed by atoms with E-state index in [0.29, 0.717) is 12.0 Å². The number of carbonyl (C=O) groups excluding carboxylic acids is 4. The molecule has 198 valence electrons. The third kappa shape index (κ3) is 11.3. The van der Waals surface area contributed by atoms with Gasteiger partial charge in [-0.05, 0) is 25.3 Å². The van der Waals surface area contributed by atoms with Crippen molar-refractivity contribution >= 4 is 35.6 Å². The van der Waals surface area contributed by atoms with Crippen LogP contribution in [0.1, 0.15) is 31.7 Å². The second-order valence-corrected chi connectivity index (χ2v) is 8.11. The van der Waals surface area contributed by atoms with Gasteiger partial charge in [0.25, 0.3) is 0 Å². The third-order valence-corrected chi connectivity index (χ3v) is 4.99. The number of hydrogen-bond acceptors (Lipinski definition) is 7. The third-order valence-electron chi connectivity index (χ3n) is 4.99. The Balaban J connectivity index is 2.73. The van der Waals surface area contributed by atoms with Crippen LogP contribution in [-0.4, -0.2) is 71.4 Å². The Hall–Kier alpha value is -4.20. The molecule has 4 amide bonds. The van der Waals surface area contributed by atoms with E-state index >= 15 is 0 Å². The Kier molecular flexibility index (Phi) is 12.4. The average Bonchev–Trinajstić information content (AvgIpc) is 2.80. The minimum Gasteiger partial charge on any atom is -0.480 e. The van der Waals surface area contributed by atoms with Crippen molar-refractivity contribution < 1.29 is 29.1 Å². The molecule has 0 aromatic heterocycles. The predicted octanol–water partition coefficient (Wildman–Crippen LogP) is -2.96. The molecular weight excluding hydrogens is 472 g/mol. The van der Waals surface area contributed by atoms with Crippen LogP contribution in [0.2, 0.25) is 0 Å². The Morgan fingerprint density at radius 2 is 1.53 bits per heavy atom. The highest BCUT2D eigenvalue weighted by molar-refractivity contribution is 5.96. The number of amides is 4. The molecule has 0 bridgehead atoms. The predicted molar refractivity (Wildman–Crippen MR) is 131 cm³/mol. The molecule has 36 heavy (non-hydrogen) atoms. The summed E-state index contributed by atoms with van der Waals surface area (Å²) in [5, 5.41) is 16.5. The Morgan fingerprint density at radius 1 is 0.917 bits per heavy atom. The molecule has 0 heterocycles. The summed E-state index contributed by atoms with van der Waals surface area (Å²) in [4.78, 5) is 64.4. The van der Waals surface area contributed by atoms with Crippen molar-refractivity contribution in [2.75, 3.05) is 6.54 Å². The molecule has 1 rings (SSSR count). The van der Waals surface area contributed by atoms with Gasteiger partial charge in [-0.1, -0.05) is 30.3 Å². The summed E-state index contributed by atoms with van der Waals surface area (Å²) in [6.45, 7) is 1.58. The number of hydrogen-bond donors (Lipinski definition) is 8. The van der Waals surface area contributed by atoms with Gasteiger partial charge in [-0.2, -0.15) is 0 Å². The average molecular weight is 507 g/mol. The van der Waals surface area contributed by atoms with E-state index in [0.717, 1.165) is 0 Å². The number of carboxylic acid groups (broad SMARTS) is 1. The van der Waals surface area contributed by atoms with Crippen LogP contribution in [0.4, 0.5) is 0 Å². The summed E-state index contributed by atoms with van der Waals surface area (Å²) in [6.07, 6.45) is 0.0802. The van der Waals surface area contributed by atoms with E-state index in [2.05, 4.69) is 20.9 Å². The van der Waals surface area contributed by atoms with Gasteiger partial charge in [-0.3, -0.25) is 24.2 Å². The first-order chi connectivity index (χ1) is 16.9. The minimum absolute atomic E-state index is 0.0318. The number of benzene rings is 1. The van der Waals surface area contributed by atoms with Crippen LogP contribution in [-0.2, 0) is 30.4 Å². The van der Waals surface area contributed by atoms with Gasteiger partial charge in [0.05, 0.1) is 12.5 Å². The van der Waals surface area contributed by atoms with Gasteiger partial charge in [0, 0.05) is 13.0 Å². The molecule has 1 aromatic carbocycles. The molecule has 0 saturated carbocycles. The van der Waals surface area contributed by atoms with E-state index in [-0.39, 0.29) is 25.3 Å². The summed E-state index contributed by atoms with van der Waals surface area (Å²) < 4.78 is 0. The van der Waals surface area contributed by atoms with Crippen molar-refractivity contribution in [2.45, 2.75) is 56.8 Å². The van der Waals surface area contributed by atoms with Crippen molar-refractivity contribution in [1.29, 1.82) is 0 Å². The van der Waals surface area contributed by atoms with E-state index in [9.17, 15) is 29.1 Å². The number of nitrogens with zero attached hydrogens (tertiary/aromatic N) is 1. The second-order valence-electron chi connectivity index (χ2n) is 8.11. The van der Waals surface area contributed by atoms with Crippen LogP contribution in [0.5, 0.6) is 0 Å². The number of nitrogens with two attached hydrogens (primary N) is 4. The zero-order chi connectivity index (χ0) is 27.3. The van der Waals surface area contributed by atoms with Gasteiger partial charge in [0.15, 0.2) is 5.96 Å². The van der Waals surface area contributed by atoms with E-state index in [1.54, 1.807) is 30.3 Å². The Bertz CT molecular complexity index is 951. The molecule has 12 N–H and O–H groups in total. The van der Waals surface area contributed by atoms with Crippen molar-refractivity contribution in [3.8, 4) is 0 Å². The molecule has 4 unspecified atom stereocenters. The SMILES string of the molecule is CC(NC(=O)C(CC(N)=O)NC(=O)C(N)CCCN=C(N)N)C(=O)NC(Cc1ccccc1)C(=O)O. The topological polar surface area (TPSA) is 258 Å². The molecule has 0 saturated heterocycles. The Morgan fingerprint density at radius 3 is 2.08 bits per heavy atom. The lowest BCUT2D eigenvalue weighted by molar-refractivity contribution is -0.142. The first kappa shape index (κ1) is 29.8. The zero-order valence-electron chi connectivity index (χ0n) is 20.0. The molecule has 0 fully saturated rings. The second kappa shape index (κ2) is 14.9. The van der Waals surface area contributed by atoms with Crippen LogP contribution < -0.4 is 38.9 Å². The minimum atomic E-state index is -1.39. The summed E-state index contributed by atoms with van der Waals surface area (Å²) >= 11 is 0. The number of rotatable bonds is 15. The molecule has 14 heteroatoms. The van der Waals surface area contributed by atoms with E-state index in [1.165, 1.54) is 6.92 Å². The first-order valence-corrected chi connectivity index (χ1v) is 11.2. The maximum atomic E-state index is 12.7. The molecule has 0 aliphatic carbocycles. The van der Waals surface area contributed by atoms with Gasteiger partial charge >= 0.3 is 5.97 Å². The van der Waals surface area contributed by atoms with Crippen LogP contribution in [0.3, 0.4) is 0 Å². The molecule has 1 aromatic rings. The van der Waals surface area contributed by atoms with Crippen molar-refractivity contribution in [3.05, 3.63) is 35.9 Å². The van der Waals surface area contributed by atoms with Crippen LogP contribution >= 0.6 is 0 Å². The normalized spacial score (nSPS) is 13.8. The van der Waals surface area contributed by atoms with Gasteiger partial charge < -0.3 is 44.0 Å². The lowest BCUT2D eigenvalue weighted by Crippen LogP contribution is -2.57. The largest absolute Gasteiger partial charge is 0.480 e. The number of carboxylic acids is 1. The van der Waals surface area contributed by atoms with Gasteiger partial charge in [-0.25, -0.2) is 4.79 Å². The van der Waals surface area contributed by atoms with Crippen molar-refractivity contribution in [1.82, 2.24) is 16.0 Å². The maximum Gasteiger partial charge on any atom is 0.326 e. The molecule has 0 spiro atoms. The monoisotopic (exact) mass is 506 g/mol. The molecule has 14 nitrogen and oxygen atoms in total. The first-order valence-electron chi connectivity index (χ1n) is 11.2. The number of primary amides is 1. The lowest BCUT2D eigenvalue weighted by atomic mass is 10.1. The summed E-state index contributed by atoms with van der Waals surface area (Å²) in [6, 6.07) is 3.85. The number of aliphatic carboxylic acids is 1. The van der Waals surface area contributed by atoms with Crippen LogP contribution in [0.25, 0.3) is 0 Å². The van der Waals surface area contributed by atoms with Gasteiger partial charge in [-0.15, -0.1) is 0 Å². The fourth-order valence-corrected chi connectivity index (χ4v) is 3.07. The highest BCUT2D eigenvalue weighted by atomic mass is 16.4. The highest BCUT2D eigenvalue weighted by Crippen LogP contribution is 2.04. The number of guanidine groups is 1. The standard InChI is InChI=1S/C22H34N8O6/c1-12(18(32)30-16(21(35)36)10-13-6-3-2-4-7-13)28-20(34)15(11-17(24)31)29-19(33)14(23)8-5-9-27-22(25)26/h2-4,6-7,12,14-16H,5,8-11,23H2,1H3,(H2,24,31)(H,28,34)(H,29,33)(H,30,32)(H,35,36)(H4,25,26,27). The number of carbonyl (C=O) groups is 5. The van der Waals surface area contributed by atoms with Crippen LogP contribution in [0, 0.1) is 0 Å². The molecule has 4 atom stereocenters. The van der Waals surface area contributed by atoms with E-state index in [1.807, 2.05) is 0 Å². The number of aliphatic imine (C=N–C) groups is 1. The Labute approximate surface area is 208 Å². The molecule has 0 aliphatic heterocycles. The highest BCUT2D eigenvalue weighted by Gasteiger charge is 2.29. The summed E-state index contributed by atoms with van der Waals surface area (Å²) in [7, 11) is 0. The summed E-state index contributed by atoms with van der Waals surface area (Å²) in [5.74, 6) is -4.58. The maximum absolute atomic E-state index is 12.7. The lowest BCUT2D eigenvalue weighted by Gasteiger charge is -2.23. The summed E-state index contributed by atoms with van der Waals surface area (Å²) in [5.41, 5.74) is 22.1. The molecule has 0 radical (unpaired) electrons. The zero-order valence-corrected chi connectivity index (χ0v) is 20.0. The smallest absolute Gasteiger partial charge is 0.326 e. The fraction of sp³-hybridized carbons (Fsp3) is 0.455.